The molecule has 1 aliphatic carbocycles. The maximum atomic E-state index is 13.3. The van der Waals surface area contributed by atoms with Crippen LogP contribution < -0.4 is 5.32 Å². The lowest BCUT2D eigenvalue weighted by atomic mass is 9.63. The van der Waals surface area contributed by atoms with Crippen LogP contribution in [-0.2, 0) is 10.2 Å². The van der Waals surface area contributed by atoms with Gasteiger partial charge in [0.15, 0.2) is 0 Å². The van der Waals surface area contributed by atoms with Crippen LogP contribution in [-0.4, -0.2) is 41.3 Å². The van der Waals surface area contributed by atoms with E-state index >= 15 is 0 Å². The second kappa shape index (κ2) is 8.19. The first-order chi connectivity index (χ1) is 14.0. The molecule has 2 aromatic rings. The lowest BCUT2D eigenvalue weighted by Crippen LogP contribution is -2.46. The third-order valence-corrected chi connectivity index (χ3v) is 7.00. The smallest absolute Gasteiger partial charge is 0.253 e. The molecule has 0 unspecified atom stereocenters. The van der Waals surface area contributed by atoms with E-state index in [0.717, 1.165) is 55.0 Å². The third kappa shape index (κ3) is 3.90. The molecule has 0 bridgehead atoms. The Kier molecular flexibility index (Phi) is 5.63. The number of hydrogen-bond donors (Lipinski definition) is 1. The second-order valence-electron chi connectivity index (χ2n) is 7.83. The van der Waals surface area contributed by atoms with Gasteiger partial charge in [0.1, 0.15) is 5.82 Å². The Morgan fingerprint density at radius 2 is 1.76 bits per heavy atom. The number of benzene rings is 2. The number of carbonyl (C=O) groups is 2. The van der Waals surface area contributed by atoms with Gasteiger partial charge in [0, 0.05) is 35.8 Å². The molecule has 1 N–H and O–H groups in total. The maximum absolute atomic E-state index is 13.3. The summed E-state index contributed by atoms with van der Waals surface area (Å²) >= 11 is 1.87. The van der Waals surface area contributed by atoms with Crippen molar-refractivity contribution >= 4 is 29.3 Å². The van der Waals surface area contributed by atoms with E-state index in [9.17, 15) is 14.0 Å². The fraction of sp³-hybridized carbons (Fsp3) is 0.391. The first-order valence-corrected chi connectivity index (χ1v) is 11.2. The maximum Gasteiger partial charge on any atom is 0.253 e. The van der Waals surface area contributed by atoms with E-state index in [4.69, 9.17) is 0 Å². The first kappa shape index (κ1) is 20.0. The van der Waals surface area contributed by atoms with Crippen molar-refractivity contribution in [2.75, 3.05) is 29.9 Å². The van der Waals surface area contributed by atoms with Gasteiger partial charge < -0.3 is 10.2 Å². The van der Waals surface area contributed by atoms with Gasteiger partial charge in [-0.1, -0.05) is 18.6 Å². The summed E-state index contributed by atoms with van der Waals surface area (Å²) in [6, 6.07) is 11.7. The monoisotopic (exact) mass is 412 g/mol. The summed E-state index contributed by atoms with van der Waals surface area (Å²) in [7, 11) is 0. The van der Waals surface area contributed by atoms with Crippen molar-refractivity contribution in [2.45, 2.75) is 31.6 Å². The van der Waals surface area contributed by atoms with Crippen LogP contribution in [0.3, 0.4) is 0 Å². The van der Waals surface area contributed by atoms with Gasteiger partial charge in [-0.15, -0.1) is 0 Å². The average molecular weight is 413 g/mol. The SMILES string of the molecule is Cc1cc(C(=O)N2CCSCC2)ccc1NC(=O)C1(c2ccc(F)cc2)CCC1. The molecule has 2 amide bonds. The van der Waals surface area contributed by atoms with E-state index in [1.807, 2.05) is 35.7 Å². The molecule has 6 heteroatoms. The molecule has 2 aliphatic rings. The minimum atomic E-state index is -0.597. The van der Waals surface area contributed by atoms with E-state index in [0.29, 0.717) is 11.3 Å². The molecule has 29 heavy (non-hydrogen) atoms. The van der Waals surface area contributed by atoms with E-state index in [-0.39, 0.29) is 17.6 Å². The molecule has 1 saturated heterocycles. The lowest BCUT2D eigenvalue weighted by Gasteiger charge is -2.40. The number of rotatable bonds is 4. The van der Waals surface area contributed by atoms with Gasteiger partial charge in [0.05, 0.1) is 5.41 Å². The Morgan fingerprint density at radius 3 is 2.34 bits per heavy atom. The molecule has 1 saturated carbocycles. The van der Waals surface area contributed by atoms with Gasteiger partial charge in [-0.05, 0) is 61.2 Å². The Balaban J connectivity index is 1.51. The van der Waals surface area contributed by atoms with E-state index in [1.54, 1.807) is 18.2 Å². The molecule has 4 nitrogen and oxygen atoms in total. The van der Waals surface area contributed by atoms with Gasteiger partial charge in [0.25, 0.3) is 5.91 Å². The van der Waals surface area contributed by atoms with Crippen molar-refractivity contribution in [1.29, 1.82) is 0 Å². The van der Waals surface area contributed by atoms with E-state index < -0.39 is 5.41 Å². The summed E-state index contributed by atoms with van der Waals surface area (Å²) in [6.07, 6.45) is 2.49. The van der Waals surface area contributed by atoms with Gasteiger partial charge in [0.2, 0.25) is 5.91 Å². The standard InChI is InChI=1S/C23H25FN2O2S/c1-16-15-17(21(27)26-11-13-29-14-12-26)3-8-20(16)25-22(28)23(9-2-10-23)18-4-6-19(24)7-5-18/h3-8,15H,2,9-14H2,1H3,(H,25,28). The van der Waals surface area contributed by atoms with Crippen LogP contribution in [0, 0.1) is 12.7 Å². The van der Waals surface area contributed by atoms with Crippen LogP contribution in [0.15, 0.2) is 42.5 Å². The third-order valence-electron chi connectivity index (χ3n) is 6.06. The highest BCUT2D eigenvalue weighted by Crippen LogP contribution is 2.44. The molecule has 1 heterocycles. The summed E-state index contributed by atoms with van der Waals surface area (Å²) in [5.74, 6) is 1.64. The van der Waals surface area contributed by atoms with Gasteiger partial charge in [-0.3, -0.25) is 9.59 Å². The Labute approximate surface area is 174 Å². The van der Waals surface area contributed by atoms with Crippen LogP contribution in [0.25, 0.3) is 0 Å². The Morgan fingerprint density at radius 1 is 1.07 bits per heavy atom. The largest absolute Gasteiger partial charge is 0.337 e. The summed E-state index contributed by atoms with van der Waals surface area (Å²) in [6.45, 7) is 3.46. The zero-order chi connectivity index (χ0) is 20.4. The topological polar surface area (TPSA) is 49.4 Å². The minimum Gasteiger partial charge on any atom is -0.337 e. The molecule has 4 rings (SSSR count). The fourth-order valence-corrected chi connectivity index (χ4v) is 4.98. The van der Waals surface area contributed by atoms with Gasteiger partial charge in [-0.25, -0.2) is 4.39 Å². The van der Waals surface area contributed by atoms with Crippen LogP contribution in [0.4, 0.5) is 10.1 Å². The highest BCUT2D eigenvalue weighted by Gasteiger charge is 2.45. The first-order valence-electron chi connectivity index (χ1n) is 10.0. The van der Waals surface area contributed by atoms with Gasteiger partial charge in [-0.2, -0.15) is 11.8 Å². The summed E-state index contributed by atoms with van der Waals surface area (Å²) < 4.78 is 13.3. The lowest BCUT2D eigenvalue weighted by molar-refractivity contribution is -0.124. The van der Waals surface area contributed by atoms with Crippen LogP contribution in [0.1, 0.15) is 40.7 Å². The highest BCUT2D eigenvalue weighted by atomic mass is 32.2. The zero-order valence-corrected chi connectivity index (χ0v) is 17.4. The van der Waals surface area contributed by atoms with Crippen molar-refractivity contribution in [3.8, 4) is 0 Å². The zero-order valence-electron chi connectivity index (χ0n) is 16.5. The van der Waals surface area contributed by atoms with Crippen LogP contribution in [0.2, 0.25) is 0 Å². The number of halogens is 1. The normalized spacial score (nSPS) is 18.1. The number of hydrogen-bond acceptors (Lipinski definition) is 3. The molecular weight excluding hydrogens is 387 g/mol. The van der Waals surface area contributed by atoms with Crippen molar-refractivity contribution < 1.29 is 14.0 Å². The Bertz CT molecular complexity index is 919. The molecule has 1 aliphatic heterocycles. The van der Waals surface area contributed by atoms with Crippen molar-refractivity contribution in [3.05, 3.63) is 65.0 Å². The predicted octanol–water partition coefficient (Wildman–Crippen LogP) is 4.38. The number of aryl methyl sites for hydroxylation is 1. The van der Waals surface area contributed by atoms with Crippen LogP contribution in [0.5, 0.6) is 0 Å². The molecular formula is C23H25FN2O2S. The fourth-order valence-electron chi connectivity index (χ4n) is 4.07. The predicted molar refractivity (Wildman–Crippen MR) is 115 cm³/mol. The molecule has 0 atom stereocenters. The molecule has 2 aromatic carbocycles. The quantitative estimate of drug-likeness (QED) is 0.811. The molecule has 0 spiro atoms. The molecule has 0 radical (unpaired) electrons. The number of nitrogens with one attached hydrogen (secondary N) is 1. The van der Waals surface area contributed by atoms with E-state index in [2.05, 4.69) is 5.32 Å². The number of thioether (sulfide) groups is 1. The number of anilines is 1. The summed E-state index contributed by atoms with van der Waals surface area (Å²) in [5, 5.41) is 3.05. The van der Waals surface area contributed by atoms with Crippen molar-refractivity contribution in [2.24, 2.45) is 0 Å². The number of nitrogens with zero attached hydrogens (tertiary/aromatic N) is 1. The molecule has 2 fully saturated rings. The van der Waals surface area contributed by atoms with Gasteiger partial charge >= 0.3 is 0 Å². The number of carbonyl (C=O) groups excluding carboxylic acids is 2. The average Bonchev–Trinajstić information content (AvgIpc) is 2.70. The van der Waals surface area contributed by atoms with Crippen molar-refractivity contribution in [3.63, 3.8) is 0 Å². The number of amides is 2. The molecule has 0 aromatic heterocycles. The summed E-state index contributed by atoms with van der Waals surface area (Å²) in [5.41, 5.74) is 2.50. The second-order valence-corrected chi connectivity index (χ2v) is 9.06. The van der Waals surface area contributed by atoms with Crippen LogP contribution >= 0.6 is 11.8 Å². The highest BCUT2D eigenvalue weighted by molar-refractivity contribution is 7.99. The molecule has 152 valence electrons. The van der Waals surface area contributed by atoms with Crippen molar-refractivity contribution in [1.82, 2.24) is 4.90 Å². The summed E-state index contributed by atoms with van der Waals surface area (Å²) in [4.78, 5) is 27.7. The van der Waals surface area contributed by atoms with E-state index in [1.165, 1.54) is 12.1 Å². The minimum absolute atomic E-state index is 0.0491. The Hall–Kier alpha value is -2.34.